The fourth-order valence-electron chi connectivity index (χ4n) is 2.46. The highest BCUT2D eigenvalue weighted by atomic mass is 32.2. The van der Waals surface area contributed by atoms with Crippen molar-refractivity contribution in [1.82, 2.24) is 5.32 Å². The van der Waals surface area contributed by atoms with E-state index in [4.69, 9.17) is 0 Å². The Kier molecular flexibility index (Phi) is 5.51. The molecule has 18 heavy (non-hydrogen) atoms. The standard InChI is InChI=1S/C15H22FNS/c1-2-9-17-14(15-4-3-10-18-15)11-12-5-7-13(16)8-6-12/h5-8,14-15,17H,2-4,9-11H2,1H3. The lowest BCUT2D eigenvalue weighted by atomic mass is 10.0. The summed E-state index contributed by atoms with van der Waals surface area (Å²) in [6.45, 7) is 3.27. The van der Waals surface area contributed by atoms with Crippen LogP contribution < -0.4 is 5.32 Å². The van der Waals surface area contributed by atoms with Crippen LogP contribution >= 0.6 is 11.8 Å². The van der Waals surface area contributed by atoms with Crippen LogP contribution in [-0.4, -0.2) is 23.6 Å². The lowest BCUT2D eigenvalue weighted by Crippen LogP contribution is -2.39. The van der Waals surface area contributed by atoms with E-state index in [-0.39, 0.29) is 5.82 Å². The molecule has 1 heterocycles. The fraction of sp³-hybridized carbons (Fsp3) is 0.600. The number of benzene rings is 1. The van der Waals surface area contributed by atoms with Gasteiger partial charge in [-0.15, -0.1) is 0 Å². The van der Waals surface area contributed by atoms with Crippen LogP contribution in [0.25, 0.3) is 0 Å². The third-order valence-electron chi connectivity index (χ3n) is 3.44. The molecule has 1 aliphatic heterocycles. The normalized spacial score (nSPS) is 21.1. The molecule has 2 atom stereocenters. The van der Waals surface area contributed by atoms with Gasteiger partial charge in [-0.3, -0.25) is 0 Å². The maximum Gasteiger partial charge on any atom is 0.123 e. The first-order valence-electron chi connectivity index (χ1n) is 6.89. The molecule has 0 spiro atoms. The minimum atomic E-state index is -0.146. The van der Waals surface area contributed by atoms with Crippen molar-refractivity contribution < 1.29 is 4.39 Å². The Bertz CT molecular complexity index is 346. The van der Waals surface area contributed by atoms with Gasteiger partial charge < -0.3 is 5.32 Å². The summed E-state index contributed by atoms with van der Waals surface area (Å²) in [4.78, 5) is 0. The zero-order chi connectivity index (χ0) is 12.8. The van der Waals surface area contributed by atoms with Gasteiger partial charge in [-0.05, 0) is 55.7 Å². The van der Waals surface area contributed by atoms with Gasteiger partial charge in [0.15, 0.2) is 0 Å². The summed E-state index contributed by atoms with van der Waals surface area (Å²) in [6.07, 6.45) is 4.82. The van der Waals surface area contributed by atoms with Gasteiger partial charge in [0, 0.05) is 11.3 Å². The number of hydrogen-bond donors (Lipinski definition) is 1. The predicted octanol–water partition coefficient (Wildman–Crippen LogP) is 3.63. The van der Waals surface area contributed by atoms with Gasteiger partial charge in [-0.25, -0.2) is 4.39 Å². The van der Waals surface area contributed by atoms with E-state index in [1.54, 1.807) is 12.1 Å². The number of hydrogen-bond acceptors (Lipinski definition) is 2. The molecule has 2 unspecified atom stereocenters. The van der Waals surface area contributed by atoms with Crippen molar-refractivity contribution in [2.45, 2.75) is 43.9 Å². The van der Waals surface area contributed by atoms with E-state index in [0.29, 0.717) is 6.04 Å². The summed E-state index contributed by atoms with van der Waals surface area (Å²) in [7, 11) is 0. The van der Waals surface area contributed by atoms with Crippen LogP contribution in [0.1, 0.15) is 31.7 Å². The van der Waals surface area contributed by atoms with Gasteiger partial charge in [-0.1, -0.05) is 19.1 Å². The van der Waals surface area contributed by atoms with Crippen LogP contribution in [0.5, 0.6) is 0 Å². The molecule has 0 bridgehead atoms. The molecule has 1 nitrogen and oxygen atoms in total. The molecule has 0 aliphatic carbocycles. The van der Waals surface area contributed by atoms with Crippen molar-refractivity contribution in [3.05, 3.63) is 35.6 Å². The Morgan fingerprint density at radius 3 is 2.78 bits per heavy atom. The highest BCUT2D eigenvalue weighted by Gasteiger charge is 2.25. The fourth-order valence-corrected chi connectivity index (χ4v) is 3.85. The SMILES string of the molecule is CCCNC(Cc1ccc(F)cc1)C1CCCS1. The summed E-state index contributed by atoms with van der Waals surface area (Å²) >= 11 is 2.09. The highest BCUT2D eigenvalue weighted by molar-refractivity contribution is 8.00. The van der Waals surface area contributed by atoms with Crippen molar-refractivity contribution in [1.29, 1.82) is 0 Å². The van der Waals surface area contributed by atoms with Gasteiger partial charge >= 0.3 is 0 Å². The molecule has 1 aliphatic rings. The molecular formula is C15H22FNS. The first kappa shape index (κ1) is 13.9. The zero-order valence-electron chi connectivity index (χ0n) is 11.0. The quantitative estimate of drug-likeness (QED) is 0.844. The largest absolute Gasteiger partial charge is 0.313 e. The summed E-state index contributed by atoms with van der Waals surface area (Å²) in [6, 6.07) is 7.48. The van der Waals surface area contributed by atoms with E-state index in [1.165, 1.54) is 24.2 Å². The van der Waals surface area contributed by atoms with E-state index in [2.05, 4.69) is 24.0 Å². The second-order valence-electron chi connectivity index (χ2n) is 4.94. The van der Waals surface area contributed by atoms with Crippen molar-refractivity contribution in [2.24, 2.45) is 0 Å². The number of halogens is 1. The molecule has 1 aromatic rings. The summed E-state index contributed by atoms with van der Waals surface area (Å²) < 4.78 is 12.9. The molecular weight excluding hydrogens is 245 g/mol. The summed E-state index contributed by atoms with van der Waals surface area (Å²) in [5.41, 5.74) is 1.23. The Balaban J connectivity index is 1.97. The molecule has 0 saturated carbocycles. The van der Waals surface area contributed by atoms with E-state index < -0.39 is 0 Å². The van der Waals surface area contributed by atoms with Crippen molar-refractivity contribution >= 4 is 11.8 Å². The summed E-state index contributed by atoms with van der Waals surface area (Å²) in [5.74, 6) is 1.14. The predicted molar refractivity (Wildman–Crippen MR) is 77.7 cm³/mol. The molecule has 0 amide bonds. The lowest BCUT2D eigenvalue weighted by molar-refractivity contribution is 0.481. The number of thioether (sulfide) groups is 1. The monoisotopic (exact) mass is 267 g/mol. The van der Waals surface area contributed by atoms with Gasteiger partial charge in [0.05, 0.1) is 0 Å². The van der Waals surface area contributed by atoms with Crippen LogP contribution in [0.4, 0.5) is 4.39 Å². The highest BCUT2D eigenvalue weighted by Crippen LogP contribution is 2.30. The molecule has 1 saturated heterocycles. The first-order chi connectivity index (χ1) is 8.79. The maximum absolute atomic E-state index is 12.9. The topological polar surface area (TPSA) is 12.0 Å². The smallest absolute Gasteiger partial charge is 0.123 e. The van der Waals surface area contributed by atoms with Crippen LogP contribution in [0.15, 0.2) is 24.3 Å². The third kappa shape index (κ3) is 3.99. The first-order valence-corrected chi connectivity index (χ1v) is 7.94. The van der Waals surface area contributed by atoms with E-state index in [1.807, 2.05) is 12.1 Å². The van der Waals surface area contributed by atoms with E-state index in [9.17, 15) is 4.39 Å². The number of rotatable bonds is 6. The van der Waals surface area contributed by atoms with Gasteiger partial charge in [0.1, 0.15) is 5.82 Å². The van der Waals surface area contributed by atoms with E-state index in [0.717, 1.165) is 24.6 Å². The Morgan fingerprint density at radius 1 is 1.39 bits per heavy atom. The average Bonchev–Trinajstić information content (AvgIpc) is 2.90. The molecule has 1 N–H and O–H groups in total. The van der Waals surface area contributed by atoms with E-state index >= 15 is 0 Å². The van der Waals surface area contributed by atoms with Gasteiger partial charge in [0.25, 0.3) is 0 Å². The molecule has 100 valence electrons. The van der Waals surface area contributed by atoms with Crippen LogP contribution in [-0.2, 0) is 6.42 Å². The minimum absolute atomic E-state index is 0.146. The van der Waals surface area contributed by atoms with Gasteiger partial charge in [-0.2, -0.15) is 11.8 Å². The second-order valence-corrected chi connectivity index (χ2v) is 6.29. The van der Waals surface area contributed by atoms with Crippen LogP contribution in [0.3, 0.4) is 0 Å². The maximum atomic E-state index is 12.9. The van der Waals surface area contributed by atoms with Crippen molar-refractivity contribution in [3.8, 4) is 0 Å². The van der Waals surface area contributed by atoms with Crippen molar-refractivity contribution in [2.75, 3.05) is 12.3 Å². The second kappa shape index (κ2) is 7.15. The van der Waals surface area contributed by atoms with Crippen LogP contribution in [0, 0.1) is 5.82 Å². The zero-order valence-corrected chi connectivity index (χ0v) is 11.8. The molecule has 1 aromatic carbocycles. The molecule has 3 heteroatoms. The lowest BCUT2D eigenvalue weighted by Gasteiger charge is -2.24. The number of nitrogens with one attached hydrogen (secondary N) is 1. The average molecular weight is 267 g/mol. The van der Waals surface area contributed by atoms with Crippen molar-refractivity contribution in [3.63, 3.8) is 0 Å². The van der Waals surface area contributed by atoms with Gasteiger partial charge in [0.2, 0.25) is 0 Å². The molecule has 1 fully saturated rings. The molecule has 0 aromatic heterocycles. The third-order valence-corrected chi connectivity index (χ3v) is 4.96. The summed E-state index contributed by atoms with van der Waals surface area (Å²) in [5, 5.41) is 4.38. The van der Waals surface area contributed by atoms with Crippen LogP contribution in [0.2, 0.25) is 0 Å². The molecule has 0 radical (unpaired) electrons. The minimum Gasteiger partial charge on any atom is -0.313 e. The molecule has 2 rings (SSSR count). The Hall–Kier alpha value is -0.540. The Labute approximate surface area is 114 Å². The Morgan fingerprint density at radius 2 is 2.17 bits per heavy atom.